The maximum absolute atomic E-state index is 12.8. The third-order valence-corrected chi connectivity index (χ3v) is 7.37. The van der Waals surface area contributed by atoms with Gasteiger partial charge in [0.2, 0.25) is 10.0 Å². The second kappa shape index (κ2) is 11.3. The molecule has 1 fully saturated rings. The number of sulfonamides is 1. The number of hydrogen-bond donors (Lipinski definition) is 1. The lowest BCUT2D eigenvalue weighted by molar-refractivity contribution is 0.184. The van der Waals surface area contributed by atoms with Crippen molar-refractivity contribution in [2.45, 2.75) is 18.7 Å². The first kappa shape index (κ1) is 24.0. The molecule has 1 aromatic heterocycles. The Balaban J connectivity index is 1.55. The average Bonchev–Trinajstić information content (AvgIpc) is 2.83. The Labute approximate surface area is 190 Å². The van der Waals surface area contributed by atoms with Gasteiger partial charge in [0, 0.05) is 45.1 Å². The molecule has 0 spiro atoms. The molecule has 10 heteroatoms. The molecule has 9 nitrogen and oxygen atoms in total. The van der Waals surface area contributed by atoms with Crippen molar-refractivity contribution in [2.24, 2.45) is 0 Å². The number of ether oxygens (including phenoxy) is 1. The van der Waals surface area contributed by atoms with Gasteiger partial charge in [0.05, 0.1) is 5.69 Å². The molecular formula is C22H31N5O4S. The van der Waals surface area contributed by atoms with Crippen LogP contribution in [0.15, 0.2) is 53.7 Å². The van der Waals surface area contributed by atoms with Crippen molar-refractivity contribution in [1.82, 2.24) is 19.1 Å². The van der Waals surface area contributed by atoms with Crippen LogP contribution in [0.3, 0.4) is 0 Å². The van der Waals surface area contributed by atoms with E-state index in [1.165, 1.54) is 22.8 Å². The Morgan fingerprint density at radius 3 is 2.47 bits per heavy atom. The molecule has 174 valence electrons. The van der Waals surface area contributed by atoms with Gasteiger partial charge in [-0.25, -0.2) is 13.2 Å². The zero-order valence-corrected chi connectivity index (χ0v) is 19.4. The van der Waals surface area contributed by atoms with Crippen LogP contribution < -0.4 is 10.1 Å². The van der Waals surface area contributed by atoms with E-state index >= 15 is 0 Å². The van der Waals surface area contributed by atoms with Crippen molar-refractivity contribution in [3.63, 3.8) is 0 Å². The molecule has 0 radical (unpaired) electrons. The molecule has 1 N–H and O–H groups in total. The number of aromatic nitrogens is 1. The van der Waals surface area contributed by atoms with E-state index in [1.54, 1.807) is 17.0 Å². The number of carbonyl (C=O) groups is 1. The van der Waals surface area contributed by atoms with Crippen molar-refractivity contribution in [2.75, 3.05) is 57.7 Å². The highest BCUT2D eigenvalue weighted by Crippen LogP contribution is 2.24. The Kier molecular flexibility index (Phi) is 8.43. The lowest BCUT2D eigenvalue weighted by Crippen LogP contribution is -2.51. The minimum atomic E-state index is -3.61. The fourth-order valence-electron chi connectivity index (χ4n) is 3.49. The summed E-state index contributed by atoms with van der Waals surface area (Å²) in [6.07, 6.45) is 2.87. The molecular weight excluding hydrogens is 430 g/mol. The number of para-hydroxylation sites is 2. The number of nitrogens with zero attached hydrogens (tertiary/aromatic N) is 4. The van der Waals surface area contributed by atoms with Gasteiger partial charge < -0.3 is 19.9 Å². The lowest BCUT2D eigenvalue weighted by Gasteiger charge is -2.34. The quantitative estimate of drug-likeness (QED) is 0.616. The highest BCUT2D eigenvalue weighted by atomic mass is 32.2. The van der Waals surface area contributed by atoms with Crippen LogP contribution in [-0.2, 0) is 10.0 Å². The summed E-state index contributed by atoms with van der Waals surface area (Å²) < 4.78 is 32.8. The van der Waals surface area contributed by atoms with Crippen LogP contribution >= 0.6 is 0 Å². The molecule has 0 unspecified atom stereocenters. The zero-order valence-electron chi connectivity index (χ0n) is 18.6. The van der Waals surface area contributed by atoms with Crippen LogP contribution in [0.25, 0.3) is 0 Å². The number of anilines is 1. The molecule has 0 aliphatic carbocycles. The molecule has 1 aliphatic heterocycles. The Hall–Kier alpha value is -2.69. The first-order chi connectivity index (χ1) is 15.5. The van der Waals surface area contributed by atoms with Crippen LogP contribution in [0.4, 0.5) is 10.5 Å². The maximum Gasteiger partial charge on any atom is 0.322 e. The Morgan fingerprint density at radius 2 is 1.81 bits per heavy atom. The van der Waals surface area contributed by atoms with Gasteiger partial charge in [0.25, 0.3) is 0 Å². The predicted octanol–water partition coefficient (Wildman–Crippen LogP) is 2.34. The normalized spacial score (nSPS) is 15.0. The van der Waals surface area contributed by atoms with E-state index in [9.17, 15) is 13.2 Å². The number of amides is 2. The van der Waals surface area contributed by atoms with E-state index in [-0.39, 0.29) is 24.0 Å². The summed E-state index contributed by atoms with van der Waals surface area (Å²) in [5, 5.41) is 2.90. The van der Waals surface area contributed by atoms with E-state index in [0.29, 0.717) is 31.1 Å². The Morgan fingerprint density at radius 1 is 1.09 bits per heavy atom. The van der Waals surface area contributed by atoms with Crippen LogP contribution in [0.5, 0.6) is 5.75 Å². The number of benzene rings is 1. The van der Waals surface area contributed by atoms with E-state index in [0.717, 1.165) is 19.6 Å². The second-order valence-corrected chi connectivity index (χ2v) is 9.32. The average molecular weight is 462 g/mol. The van der Waals surface area contributed by atoms with Crippen molar-refractivity contribution in [1.29, 1.82) is 0 Å². The first-order valence-electron chi connectivity index (χ1n) is 10.9. The number of carbonyl (C=O) groups excluding carboxylic acids is 1. The van der Waals surface area contributed by atoms with Crippen molar-refractivity contribution in [3.8, 4) is 5.75 Å². The largest absolute Gasteiger partial charge is 0.490 e. The Bertz CT molecular complexity index is 975. The highest BCUT2D eigenvalue weighted by Gasteiger charge is 2.30. The number of nitrogens with one attached hydrogen (secondary N) is 1. The van der Waals surface area contributed by atoms with Gasteiger partial charge in [-0.05, 0) is 37.4 Å². The second-order valence-electron chi connectivity index (χ2n) is 7.38. The summed E-state index contributed by atoms with van der Waals surface area (Å²) in [5.74, 6) is 0.616. The number of piperazine rings is 1. The van der Waals surface area contributed by atoms with Crippen LogP contribution in [0.1, 0.15) is 13.8 Å². The maximum atomic E-state index is 12.8. The molecule has 2 heterocycles. The molecule has 0 atom stereocenters. The van der Waals surface area contributed by atoms with Gasteiger partial charge in [0.1, 0.15) is 17.3 Å². The van der Waals surface area contributed by atoms with Gasteiger partial charge in [-0.2, -0.15) is 4.31 Å². The van der Waals surface area contributed by atoms with Crippen molar-refractivity contribution >= 4 is 21.7 Å². The van der Waals surface area contributed by atoms with E-state index in [4.69, 9.17) is 4.74 Å². The minimum Gasteiger partial charge on any atom is -0.490 e. The molecule has 3 rings (SSSR count). The fraction of sp³-hybridized carbons (Fsp3) is 0.455. The van der Waals surface area contributed by atoms with E-state index < -0.39 is 10.0 Å². The number of likely N-dealkylation sites (N-methyl/N-ethyl adjacent to an activating group) is 1. The van der Waals surface area contributed by atoms with Crippen LogP contribution in [0, 0.1) is 0 Å². The molecule has 0 bridgehead atoms. The SMILES string of the molecule is CCN(CC)CCOc1ccccc1NC(=O)N1CCN(S(=O)(=O)c2cccnc2)CC1. The molecule has 1 saturated heterocycles. The smallest absolute Gasteiger partial charge is 0.322 e. The van der Waals surface area contributed by atoms with Gasteiger partial charge in [0.15, 0.2) is 0 Å². The minimum absolute atomic E-state index is 0.161. The molecule has 0 saturated carbocycles. The summed E-state index contributed by atoms with van der Waals surface area (Å²) in [6, 6.07) is 10.2. The number of urea groups is 1. The van der Waals surface area contributed by atoms with Crippen LogP contribution in [0.2, 0.25) is 0 Å². The van der Waals surface area contributed by atoms with Gasteiger partial charge >= 0.3 is 6.03 Å². The summed E-state index contributed by atoms with van der Waals surface area (Å²) in [6.45, 7) is 8.54. The van der Waals surface area contributed by atoms with Gasteiger partial charge in [-0.3, -0.25) is 4.98 Å². The van der Waals surface area contributed by atoms with E-state index in [2.05, 4.69) is 29.0 Å². The lowest BCUT2D eigenvalue weighted by atomic mass is 10.3. The zero-order chi connectivity index (χ0) is 23.0. The van der Waals surface area contributed by atoms with E-state index in [1.807, 2.05) is 18.2 Å². The van der Waals surface area contributed by atoms with Gasteiger partial charge in [-0.15, -0.1) is 0 Å². The van der Waals surface area contributed by atoms with Crippen molar-refractivity contribution < 1.29 is 17.9 Å². The summed E-state index contributed by atoms with van der Waals surface area (Å²) >= 11 is 0. The standard InChI is InChI=1S/C22H31N5O4S/c1-3-25(4-2)16-17-31-21-10-6-5-9-20(21)24-22(28)26-12-14-27(15-13-26)32(29,30)19-8-7-11-23-18-19/h5-11,18H,3-4,12-17H2,1-2H3,(H,24,28). The van der Waals surface area contributed by atoms with Gasteiger partial charge in [-0.1, -0.05) is 26.0 Å². The molecule has 1 aliphatic rings. The topological polar surface area (TPSA) is 95.1 Å². The van der Waals surface area contributed by atoms with Crippen LogP contribution in [-0.4, -0.2) is 86.0 Å². The fourth-order valence-corrected chi connectivity index (χ4v) is 4.88. The molecule has 2 amide bonds. The first-order valence-corrected chi connectivity index (χ1v) is 12.3. The summed E-state index contributed by atoms with van der Waals surface area (Å²) in [4.78, 5) is 20.7. The highest BCUT2D eigenvalue weighted by molar-refractivity contribution is 7.89. The third-order valence-electron chi connectivity index (χ3n) is 5.49. The number of hydrogen-bond acceptors (Lipinski definition) is 6. The predicted molar refractivity (Wildman–Crippen MR) is 123 cm³/mol. The summed E-state index contributed by atoms with van der Waals surface area (Å²) in [7, 11) is -3.61. The molecule has 2 aromatic rings. The monoisotopic (exact) mass is 461 g/mol. The molecule has 1 aromatic carbocycles. The summed E-state index contributed by atoms with van der Waals surface area (Å²) in [5.41, 5.74) is 0.599. The third kappa shape index (κ3) is 5.96. The number of pyridine rings is 1. The number of rotatable bonds is 9. The molecule has 32 heavy (non-hydrogen) atoms. The van der Waals surface area contributed by atoms with Crippen molar-refractivity contribution in [3.05, 3.63) is 48.8 Å².